The van der Waals surface area contributed by atoms with Crippen LogP contribution in [-0.4, -0.2) is 25.9 Å². The van der Waals surface area contributed by atoms with Gasteiger partial charge < -0.3 is 5.73 Å². The first-order valence-corrected chi connectivity index (χ1v) is 7.78. The van der Waals surface area contributed by atoms with Gasteiger partial charge in [0.2, 0.25) is 10.0 Å². The Balaban J connectivity index is 3.25. The first-order chi connectivity index (χ1) is 9.33. The van der Waals surface area contributed by atoms with Crippen LogP contribution in [0.15, 0.2) is 23.1 Å². The minimum absolute atomic E-state index is 0.146. The van der Waals surface area contributed by atoms with Crippen molar-refractivity contribution in [1.82, 2.24) is 4.72 Å². The van der Waals surface area contributed by atoms with Crippen LogP contribution in [0.4, 0.5) is 5.69 Å². The number of sulfonamides is 1. The highest BCUT2D eigenvalue weighted by atomic mass is 32.2. The van der Waals surface area contributed by atoms with E-state index in [1.165, 1.54) is 25.1 Å². The molecular weight excluding hydrogens is 282 g/mol. The van der Waals surface area contributed by atoms with Crippen molar-refractivity contribution in [3.8, 4) is 0 Å². The van der Waals surface area contributed by atoms with Gasteiger partial charge in [-0.2, -0.15) is 0 Å². The molecule has 1 atom stereocenters. The molecule has 0 amide bonds. The van der Waals surface area contributed by atoms with Crippen LogP contribution in [-0.2, 0) is 10.0 Å². The van der Waals surface area contributed by atoms with E-state index in [2.05, 4.69) is 4.72 Å². The van der Waals surface area contributed by atoms with Crippen molar-refractivity contribution in [3.63, 3.8) is 0 Å². The van der Waals surface area contributed by atoms with E-state index < -0.39 is 26.7 Å². The van der Waals surface area contributed by atoms with Gasteiger partial charge in [0, 0.05) is 18.7 Å². The molecule has 3 N–H and O–H groups in total. The summed E-state index contributed by atoms with van der Waals surface area (Å²) in [5.41, 5.74) is 5.43. The topological polar surface area (TPSA) is 115 Å². The zero-order valence-electron chi connectivity index (χ0n) is 11.5. The third kappa shape index (κ3) is 3.75. The van der Waals surface area contributed by atoms with Gasteiger partial charge in [-0.05, 0) is 18.9 Å². The maximum Gasteiger partial charge on any atom is 0.289 e. The molecule has 0 saturated carbocycles. The average Bonchev–Trinajstić information content (AvgIpc) is 2.37. The second kappa shape index (κ2) is 6.78. The Morgan fingerprint density at radius 2 is 2.10 bits per heavy atom. The number of nitro groups is 1. The first-order valence-electron chi connectivity index (χ1n) is 6.29. The summed E-state index contributed by atoms with van der Waals surface area (Å²) in [6, 6.07) is 3.74. The fraction of sp³-hybridized carbons (Fsp3) is 0.500. The van der Waals surface area contributed by atoms with Crippen molar-refractivity contribution in [2.45, 2.75) is 37.6 Å². The van der Waals surface area contributed by atoms with E-state index in [-0.39, 0.29) is 11.4 Å². The molecule has 0 bridgehead atoms. The van der Waals surface area contributed by atoms with Gasteiger partial charge >= 0.3 is 0 Å². The maximum absolute atomic E-state index is 12.4. The van der Waals surface area contributed by atoms with Crippen LogP contribution in [0.3, 0.4) is 0 Å². The van der Waals surface area contributed by atoms with E-state index in [9.17, 15) is 18.5 Å². The molecule has 0 fully saturated rings. The monoisotopic (exact) mass is 301 g/mol. The quantitative estimate of drug-likeness (QED) is 0.582. The van der Waals surface area contributed by atoms with Crippen molar-refractivity contribution in [3.05, 3.63) is 33.9 Å². The van der Waals surface area contributed by atoms with Gasteiger partial charge in [0.05, 0.1) is 4.92 Å². The Hall–Kier alpha value is -1.51. The van der Waals surface area contributed by atoms with E-state index in [1.54, 1.807) is 0 Å². The van der Waals surface area contributed by atoms with Gasteiger partial charge in [0.25, 0.3) is 5.69 Å². The summed E-state index contributed by atoms with van der Waals surface area (Å²) in [6.45, 7) is 3.58. The Bertz CT molecular complexity index is 586. The number of aryl methyl sites for hydroxylation is 1. The average molecular weight is 301 g/mol. The van der Waals surface area contributed by atoms with Gasteiger partial charge in [-0.25, -0.2) is 13.1 Å². The molecule has 0 radical (unpaired) electrons. The number of nitro benzene ring substituents is 1. The molecule has 8 heteroatoms. The van der Waals surface area contributed by atoms with Gasteiger partial charge in [-0.1, -0.05) is 25.5 Å². The second-order valence-electron chi connectivity index (χ2n) is 4.52. The van der Waals surface area contributed by atoms with Crippen molar-refractivity contribution in [1.29, 1.82) is 0 Å². The Morgan fingerprint density at radius 3 is 2.60 bits per heavy atom. The SMILES string of the molecule is CCCC(CN)NS(=O)(=O)c1c(C)cccc1[N+](=O)[O-]. The summed E-state index contributed by atoms with van der Waals surface area (Å²) in [6.07, 6.45) is 1.34. The third-order valence-corrected chi connectivity index (χ3v) is 4.61. The normalized spacial score (nSPS) is 13.2. The first kappa shape index (κ1) is 16.5. The Kier molecular flexibility index (Phi) is 5.61. The molecule has 1 rings (SSSR count). The number of nitrogens with two attached hydrogens (primary N) is 1. The largest absolute Gasteiger partial charge is 0.329 e. The molecule has 0 aliphatic carbocycles. The predicted molar refractivity (Wildman–Crippen MR) is 75.9 cm³/mol. The summed E-state index contributed by atoms with van der Waals surface area (Å²) in [7, 11) is -3.97. The number of benzene rings is 1. The molecule has 20 heavy (non-hydrogen) atoms. The summed E-state index contributed by atoms with van der Waals surface area (Å²) < 4.78 is 27.1. The lowest BCUT2D eigenvalue weighted by Gasteiger charge is -2.17. The summed E-state index contributed by atoms with van der Waals surface area (Å²) in [5.74, 6) is 0. The van der Waals surface area contributed by atoms with Crippen LogP contribution >= 0.6 is 0 Å². The molecule has 0 saturated heterocycles. The van der Waals surface area contributed by atoms with Crippen LogP contribution in [0.25, 0.3) is 0 Å². The molecule has 1 aromatic rings. The number of nitrogens with zero attached hydrogens (tertiary/aromatic N) is 1. The Labute approximate surface area is 118 Å². The second-order valence-corrected chi connectivity index (χ2v) is 6.17. The van der Waals surface area contributed by atoms with E-state index in [4.69, 9.17) is 5.73 Å². The molecule has 0 aliphatic rings. The molecule has 0 spiro atoms. The van der Waals surface area contributed by atoms with Gasteiger partial charge in [0.1, 0.15) is 0 Å². The number of hydrogen-bond acceptors (Lipinski definition) is 5. The number of rotatable bonds is 7. The lowest BCUT2D eigenvalue weighted by molar-refractivity contribution is -0.387. The minimum Gasteiger partial charge on any atom is -0.329 e. The van der Waals surface area contributed by atoms with E-state index in [1.807, 2.05) is 6.92 Å². The zero-order chi connectivity index (χ0) is 15.3. The zero-order valence-corrected chi connectivity index (χ0v) is 12.3. The molecule has 7 nitrogen and oxygen atoms in total. The van der Waals surface area contributed by atoms with Crippen molar-refractivity contribution in [2.75, 3.05) is 6.54 Å². The standard InChI is InChI=1S/C12H19N3O4S/c1-3-5-10(8-13)14-20(18,19)12-9(2)6-4-7-11(12)15(16)17/h4,6-7,10,14H,3,5,8,13H2,1-2H3. The molecule has 0 aliphatic heterocycles. The van der Waals surface area contributed by atoms with Crippen molar-refractivity contribution < 1.29 is 13.3 Å². The van der Waals surface area contributed by atoms with E-state index in [0.717, 1.165) is 6.42 Å². The van der Waals surface area contributed by atoms with Crippen LogP contribution in [0, 0.1) is 17.0 Å². The van der Waals surface area contributed by atoms with E-state index in [0.29, 0.717) is 12.0 Å². The lowest BCUT2D eigenvalue weighted by atomic mass is 10.2. The maximum atomic E-state index is 12.4. The molecule has 1 unspecified atom stereocenters. The van der Waals surface area contributed by atoms with Gasteiger partial charge in [-0.15, -0.1) is 0 Å². The highest BCUT2D eigenvalue weighted by molar-refractivity contribution is 7.89. The summed E-state index contributed by atoms with van der Waals surface area (Å²) in [4.78, 5) is 10.0. The number of hydrogen-bond donors (Lipinski definition) is 2. The van der Waals surface area contributed by atoms with Crippen molar-refractivity contribution >= 4 is 15.7 Å². The molecule has 1 aromatic carbocycles. The predicted octanol–water partition coefficient (Wildman–Crippen LogP) is 1.31. The lowest BCUT2D eigenvalue weighted by Crippen LogP contribution is -2.40. The smallest absolute Gasteiger partial charge is 0.289 e. The molecule has 112 valence electrons. The molecular formula is C12H19N3O4S. The van der Waals surface area contributed by atoms with Gasteiger partial charge in [0.15, 0.2) is 4.90 Å². The minimum atomic E-state index is -3.97. The fourth-order valence-electron chi connectivity index (χ4n) is 1.98. The number of nitrogens with one attached hydrogen (secondary N) is 1. The van der Waals surface area contributed by atoms with E-state index >= 15 is 0 Å². The van der Waals surface area contributed by atoms with Crippen LogP contribution < -0.4 is 10.5 Å². The highest BCUT2D eigenvalue weighted by Crippen LogP contribution is 2.27. The van der Waals surface area contributed by atoms with Crippen molar-refractivity contribution in [2.24, 2.45) is 5.73 Å². The van der Waals surface area contributed by atoms with Gasteiger partial charge in [-0.3, -0.25) is 10.1 Å². The summed E-state index contributed by atoms with van der Waals surface area (Å²) in [5, 5.41) is 11.0. The van der Waals surface area contributed by atoms with Crippen LogP contribution in [0.5, 0.6) is 0 Å². The molecule has 0 aromatic heterocycles. The van der Waals surface area contributed by atoms with Crippen LogP contribution in [0.2, 0.25) is 0 Å². The third-order valence-electron chi connectivity index (χ3n) is 2.90. The van der Waals surface area contributed by atoms with Crippen LogP contribution in [0.1, 0.15) is 25.3 Å². The fourth-order valence-corrected chi connectivity index (χ4v) is 3.66. The molecule has 0 heterocycles. The summed E-state index contributed by atoms with van der Waals surface area (Å²) >= 11 is 0. The Morgan fingerprint density at radius 1 is 1.45 bits per heavy atom. The highest BCUT2D eigenvalue weighted by Gasteiger charge is 2.29.